The Morgan fingerprint density at radius 1 is 1.04 bits per heavy atom. The zero-order chi connectivity index (χ0) is 19.9. The highest BCUT2D eigenvalue weighted by atomic mass is 16.6. The van der Waals surface area contributed by atoms with Crippen molar-refractivity contribution in [2.24, 2.45) is 5.92 Å². The predicted octanol–water partition coefficient (Wildman–Crippen LogP) is 3.49. The molecule has 7 heteroatoms. The number of non-ortho nitro benzene ring substituents is 1. The first kappa shape index (κ1) is 19.3. The molecule has 0 aliphatic carbocycles. The van der Waals surface area contributed by atoms with Crippen molar-refractivity contribution < 1.29 is 14.5 Å². The molecule has 2 aromatic carbocycles. The Bertz CT molecular complexity index is 870. The number of amides is 2. The van der Waals surface area contributed by atoms with Gasteiger partial charge in [-0.1, -0.05) is 30.3 Å². The maximum Gasteiger partial charge on any atom is 0.269 e. The number of nitrogens with zero attached hydrogens (tertiary/aromatic N) is 2. The molecule has 0 atom stereocenters. The lowest BCUT2D eigenvalue weighted by molar-refractivity contribution is -0.384. The molecule has 1 aliphatic heterocycles. The van der Waals surface area contributed by atoms with Crippen LogP contribution >= 0.6 is 0 Å². The smallest absolute Gasteiger partial charge is 0.269 e. The second-order valence-corrected chi connectivity index (χ2v) is 6.64. The van der Waals surface area contributed by atoms with Gasteiger partial charge < -0.3 is 10.2 Å². The quantitative estimate of drug-likeness (QED) is 0.489. The zero-order valence-corrected chi connectivity index (χ0v) is 15.3. The average Bonchev–Trinajstić information content (AvgIpc) is 2.73. The van der Waals surface area contributed by atoms with Gasteiger partial charge in [0, 0.05) is 42.9 Å². The molecule has 0 unspecified atom stereocenters. The SMILES string of the molecule is O=C(Nc1ccc([N+](=O)[O-])cc1)C1CCN(C(=O)/C=C/c2ccccc2)CC1. The number of carbonyl (C=O) groups excluding carboxylic acids is 2. The summed E-state index contributed by atoms with van der Waals surface area (Å²) in [4.78, 5) is 36.7. The van der Waals surface area contributed by atoms with Gasteiger partial charge in [0.15, 0.2) is 0 Å². The summed E-state index contributed by atoms with van der Waals surface area (Å²) in [6.07, 6.45) is 4.52. The van der Waals surface area contributed by atoms with Crippen LogP contribution in [-0.2, 0) is 9.59 Å². The molecule has 2 aromatic rings. The Morgan fingerprint density at radius 3 is 2.29 bits per heavy atom. The summed E-state index contributed by atoms with van der Waals surface area (Å²) in [5.41, 5.74) is 1.47. The number of likely N-dealkylation sites (tertiary alicyclic amines) is 1. The van der Waals surface area contributed by atoms with E-state index in [-0.39, 0.29) is 23.4 Å². The number of nitro benzene ring substituents is 1. The molecule has 0 aromatic heterocycles. The number of nitro groups is 1. The van der Waals surface area contributed by atoms with Crippen molar-refractivity contribution in [3.63, 3.8) is 0 Å². The lowest BCUT2D eigenvalue weighted by atomic mass is 9.95. The van der Waals surface area contributed by atoms with Crippen LogP contribution in [0.15, 0.2) is 60.7 Å². The molecule has 1 fully saturated rings. The van der Waals surface area contributed by atoms with Crippen LogP contribution in [0.25, 0.3) is 6.08 Å². The standard InChI is InChI=1S/C21H21N3O4/c25-20(11-6-16-4-2-1-3-5-16)23-14-12-17(13-15-23)21(26)22-18-7-9-19(10-8-18)24(27)28/h1-11,17H,12-15H2,(H,22,26)/b11-6+. The van der Waals surface area contributed by atoms with Gasteiger partial charge in [-0.3, -0.25) is 19.7 Å². The highest BCUT2D eigenvalue weighted by Gasteiger charge is 2.26. The van der Waals surface area contributed by atoms with Crippen LogP contribution in [0.4, 0.5) is 11.4 Å². The summed E-state index contributed by atoms with van der Waals surface area (Å²) in [7, 11) is 0. The summed E-state index contributed by atoms with van der Waals surface area (Å²) in [5, 5.41) is 13.5. The van der Waals surface area contributed by atoms with Gasteiger partial charge >= 0.3 is 0 Å². The first-order valence-electron chi connectivity index (χ1n) is 9.10. The number of piperidine rings is 1. The molecule has 0 bridgehead atoms. The van der Waals surface area contributed by atoms with Crippen molar-refractivity contribution >= 4 is 29.3 Å². The van der Waals surface area contributed by atoms with Crippen LogP contribution in [0, 0.1) is 16.0 Å². The molecule has 0 spiro atoms. The number of hydrogen-bond acceptors (Lipinski definition) is 4. The number of rotatable bonds is 5. The van der Waals surface area contributed by atoms with Crippen LogP contribution in [0.3, 0.4) is 0 Å². The Labute approximate surface area is 162 Å². The molecule has 1 aliphatic rings. The van der Waals surface area contributed by atoms with E-state index in [4.69, 9.17) is 0 Å². The summed E-state index contributed by atoms with van der Waals surface area (Å²) in [6, 6.07) is 15.4. The Kier molecular flexibility index (Phi) is 6.16. The van der Waals surface area contributed by atoms with E-state index in [2.05, 4.69) is 5.32 Å². The molecule has 7 nitrogen and oxygen atoms in total. The van der Waals surface area contributed by atoms with E-state index >= 15 is 0 Å². The minimum Gasteiger partial charge on any atom is -0.339 e. The molecule has 0 radical (unpaired) electrons. The van der Waals surface area contributed by atoms with E-state index in [0.29, 0.717) is 31.6 Å². The molecule has 2 amide bonds. The fraction of sp³-hybridized carbons (Fsp3) is 0.238. The predicted molar refractivity (Wildman–Crippen MR) is 107 cm³/mol. The van der Waals surface area contributed by atoms with Crippen molar-refractivity contribution in [2.75, 3.05) is 18.4 Å². The molecule has 28 heavy (non-hydrogen) atoms. The van der Waals surface area contributed by atoms with Gasteiger partial charge in [-0.2, -0.15) is 0 Å². The molecule has 1 N–H and O–H groups in total. The second-order valence-electron chi connectivity index (χ2n) is 6.64. The van der Waals surface area contributed by atoms with E-state index in [1.54, 1.807) is 17.1 Å². The number of carbonyl (C=O) groups is 2. The third-order valence-electron chi connectivity index (χ3n) is 4.74. The highest BCUT2D eigenvalue weighted by Crippen LogP contribution is 2.21. The van der Waals surface area contributed by atoms with Crippen LogP contribution in [0.5, 0.6) is 0 Å². The van der Waals surface area contributed by atoms with Gasteiger partial charge in [-0.15, -0.1) is 0 Å². The van der Waals surface area contributed by atoms with Crippen molar-refractivity contribution in [3.8, 4) is 0 Å². The van der Waals surface area contributed by atoms with Crippen molar-refractivity contribution in [3.05, 3.63) is 76.4 Å². The topological polar surface area (TPSA) is 92.5 Å². The third kappa shape index (κ3) is 5.03. The molecular weight excluding hydrogens is 358 g/mol. The maximum atomic E-state index is 12.4. The maximum absolute atomic E-state index is 12.4. The van der Waals surface area contributed by atoms with Gasteiger partial charge in [0.05, 0.1) is 4.92 Å². The van der Waals surface area contributed by atoms with Gasteiger partial charge in [0.1, 0.15) is 0 Å². The van der Waals surface area contributed by atoms with E-state index in [1.165, 1.54) is 24.3 Å². The highest BCUT2D eigenvalue weighted by molar-refractivity contribution is 5.94. The molecule has 1 heterocycles. The van der Waals surface area contributed by atoms with Gasteiger partial charge in [-0.05, 0) is 36.6 Å². The van der Waals surface area contributed by atoms with Crippen LogP contribution in [0.1, 0.15) is 18.4 Å². The van der Waals surface area contributed by atoms with Crippen LogP contribution in [0.2, 0.25) is 0 Å². The largest absolute Gasteiger partial charge is 0.339 e. The fourth-order valence-electron chi connectivity index (χ4n) is 3.11. The van der Waals surface area contributed by atoms with E-state index in [1.807, 2.05) is 30.3 Å². The van der Waals surface area contributed by atoms with Crippen molar-refractivity contribution in [2.45, 2.75) is 12.8 Å². The molecule has 0 saturated carbocycles. The van der Waals surface area contributed by atoms with Gasteiger partial charge in [-0.25, -0.2) is 0 Å². The lowest BCUT2D eigenvalue weighted by Crippen LogP contribution is -2.40. The third-order valence-corrected chi connectivity index (χ3v) is 4.74. The number of benzene rings is 2. The minimum atomic E-state index is -0.482. The zero-order valence-electron chi connectivity index (χ0n) is 15.3. The van der Waals surface area contributed by atoms with E-state index in [9.17, 15) is 19.7 Å². The molecule has 1 saturated heterocycles. The van der Waals surface area contributed by atoms with Gasteiger partial charge in [0.2, 0.25) is 11.8 Å². The number of hydrogen-bond donors (Lipinski definition) is 1. The number of nitrogens with one attached hydrogen (secondary N) is 1. The monoisotopic (exact) mass is 379 g/mol. The summed E-state index contributed by atoms with van der Waals surface area (Å²) < 4.78 is 0. The first-order chi connectivity index (χ1) is 13.5. The number of anilines is 1. The lowest BCUT2D eigenvalue weighted by Gasteiger charge is -2.30. The van der Waals surface area contributed by atoms with Crippen molar-refractivity contribution in [1.29, 1.82) is 0 Å². The van der Waals surface area contributed by atoms with Crippen molar-refractivity contribution in [1.82, 2.24) is 4.90 Å². The first-order valence-corrected chi connectivity index (χ1v) is 9.10. The summed E-state index contributed by atoms with van der Waals surface area (Å²) in [5.74, 6) is -0.365. The van der Waals surface area contributed by atoms with Crippen LogP contribution in [-0.4, -0.2) is 34.7 Å². The van der Waals surface area contributed by atoms with Gasteiger partial charge in [0.25, 0.3) is 5.69 Å². The Morgan fingerprint density at radius 2 is 1.68 bits per heavy atom. The normalized spacial score (nSPS) is 14.8. The van der Waals surface area contributed by atoms with Crippen LogP contribution < -0.4 is 5.32 Å². The summed E-state index contributed by atoms with van der Waals surface area (Å²) >= 11 is 0. The minimum absolute atomic E-state index is 0.0200. The molecule has 144 valence electrons. The molecule has 3 rings (SSSR count). The Balaban J connectivity index is 1.49. The average molecular weight is 379 g/mol. The Hall–Kier alpha value is -3.48. The van der Waals surface area contributed by atoms with E-state index < -0.39 is 4.92 Å². The second kappa shape index (κ2) is 8.94. The van der Waals surface area contributed by atoms with E-state index in [0.717, 1.165) is 5.56 Å². The molecular formula is C21H21N3O4. The fourth-order valence-corrected chi connectivity index (χ4v) is 3.11. The summed E-state index contributed by atoms with van der Waals surface area (Å²) in [6.45, 7) is 1.05.